The van der Waals surface area contributed by atoms with Crippen molar-refractivity contribution in [2.75, 3.05) is 13.7 Å². The maximum absolute atomic E-state index is 11.8. The number of carbonyl (C=O) groups excluding carboxylic acids is 1. The van der Waals surface area contributed by atoms with Crippen LogP contribution in [-0.2, 0) is 16.1 Å². The number of azide groups is 1. The number of ether oxygens (including phenoxy) is 1. The fraction of sp³-hybridized carbons (Fsp3) is 0.462. The van der Waals surface area contributed by atoms with Gasteiger partial charge in [-0.25, -0.2) is 0 Å². The molecule has 19 heavy (non-hydrogen) atoms. The number of hydrogen-bond donors (Lipinski definition) is 0. The first-order valence-electron chi connectivity index (χ1n) is 6.14. The molecule has 0 saturated carbocycles. The normalized spacial score (nSPS) is 22.8. The average molecular weight is 260 g/mol. The zero-order chi connectivity index (χ0) is 13.7. The molecule has 0 N–H and O–H groups in total. The molecule has 0 bridgehead atoms. The van der Waals surface area contributed by atoms with E-state index in [0.29, 0.717) is 19.5 Å². The molecule has 1 aliphatic heterocycles. The molecule has 0 amide bonds. The van der Waals surface area contributed by atoms with Crippen molar-refractivity contribution in [3.05, 3.63) is 46.3 Å². The van der Waals surface area contributed by atoms with Gasteiger partial charge in [-0.1, -0.05) is 35.4 Å². The van der Waals surface area contributed by atoms with Gasteiger partial charge in [-0.05, 0) is 17.5 Å². The third kappa shape index (κ3) is 3.24. The van der Waals surface area contributed by atoms with Crippen molar-refractivity contribution in [2.24, 2.45) is 5.11 Å². The monoisotopic (exact) mass is 260 g/mol. The Labute approximate surface area is 111 Å². The standard InChI is InChI=1S/C13H16N4O2/c1-19-13(18)12-7-11(15-16-14)9-17(12)8-10-5-3-2-4-6-10/h2-6,11-12H,7-9H2,1H3/t11-,12+/m1/s1. The molecule has 100 valence electrons. The molecule has 0 unspecified atom stereocenters. The minimum atomic E-state index is -0.333. The molecule has 6 nitrogen and oxygen atoms in total. The number of esters is 1. The molecular weight excluding hydrogens is 244 g/mol. The minimum Gasteiger partial charge on any atom is -0.468 e. The molecule has 0 radical (unpaired) electrons. The van der Waals surface area contributed by atoms with Gasteiger partial charge in [0.1, 0.15) is 6.04 Å². The van der Waals surface area contributed by atoms with E-state index in [1.807, 2.05) is 35.2 Å². The second kappa shape index (κ2) is 6.22. The summed E-state index contributed by atoms with van der Waals surface area (Å²) in [5.41, 5.74) is 9.63. The summed E-state index contributed by atoms with van der Waals surface area (Å²) in [6.07, 6.45) is 0.517. The topological polar surface area (TPSA) is 78.3 Å². The molecule has 1 saturated heterocycles. The summed E-state index contributed by atoms with van der Waals surface area (Å²) in [5, 5.41) is 3.71. The summed E-state index contributed by atoms with van der Waals surface area (Å²) in [7, 11) is 1.38. The van der Waals surface area contributed by atoms with E-state index in [1.165, 1.54) is 7.11 Å². The summed E-state index contributed by atoms with van der Waals surface area (Å²) < 4.78 is 4.81. The highest BCUT2D eigenvalue weighted by atomic mass is 16.5. The summed E-state index contributed by atoms with van der Waals surface area (Å²) in [5.74, 6) is -0.272. The maximum Gasteiger partial charge on any atom is 0.323 e. The van der Waals surface area contributed by atoms with Crippen LogP contribution in [0.4, 0.5) is 0 Å². The average Bonchev–Trinajstić information content (AvgIpc) is 2.82. The molecule has 1 aromatic rings. The van der Waals surface area contributed by atoms with Crippen LogP contribution in [0.25, 0.3) is 10.4 Å². The first-order chi connectivity index (χ1) is 9.24. The highest BCUT2D eigenvalue weighted by Crippen LogP contribution is 2.23. The van der Waals surface area contributed by atoms with Crippen molar-refractivity contribution >= 4 is 5.97 Å². The van der Waals surface area contributed by atoms with Crippen LogP contribution in [0.5, 0.6) is 0 Å². The van der Waals surface area contributed by atoms with Gasteiger partial charge in [-0.3, -0.25) is 9.69 Å². The first-order valence-corrected chi connectivity index (χ1v) is 6.14. The van der Waals surface area contributed by atoms with Crippen molar-refractivity contribution in [1.82, 2.24) is 4.90 Å². The van der Waals surface area contributed by atoms with E-state index in [2.05, 4.69) is 10.0 Å². The second-order valence-electron chi connectivity index (χ2n) is 4.55. The molecule has 0 aromatic heterocycles. The number of hydrogen-bond acceptors (Lipinski definition) is 4. The zero-order valence-corrected chi connectivity index (χ0v) is 10.8. The van der Waals surface area contributed by atoms with E-state index in [-0.39, 0.29) is 18.1 Å². The van der Waals surface area contributed by atoms with Crippen LogP contribution in [0, 0.1) is 0 Å². The predicted molar refractivity (Wildman–Crippen MR) is 70.2 cm³/mol. The van der Waals surface area contributed by atoms with Gasteiger partial charge in [-0.2, -0.15) is 0 Å². The highest BCUT2D eigenvalue weighted by Gasteiger charge is 2.36. The summed E-state index contributed by atoms with van der Waals surface area (Å²) in [4.78, 5) is 16.6. The van der Waals surface area contributed by atoms with Crippen LogP contribution < -0.4 is 0 Å². The minimum absolute atomic E-state index is 0.169. The second-order valence-corrected chi connectivity index (χ2v) is 4.55. The van der Waals surface area contributed by atoms with E-state index >= 15 is 0 Å². The van der Waals surface area contributed by atoms with Gasteiger partial charge in [0.25, 0.3) is 0 Å². The molecule has 1 aromatic carbocycles. The van der Waals surface area contributed by atoms with Crippen LogP contribution >= 0.6 is 0 Å². The lowest BCUT2D eigenvalue weighted by Crippen LogP contribution is -2.36. The van der Waals surface area contributed by atoms with Crippen molar-refractivity contribution in [3.8, 4) is 0 Å². The molecule has 1 heterocycles. The Kier molecular flexibility index (Phi) is 4.39. The van der Waals surface area contributed by atoms with E-state index in [1.54, 1.807) is 0 Å². The Balaban J connectivity index is 2.11. The van der Waals surface area contributed by atoms with Gasteiger partial charge < -0.3 is 4.74 Å². The SMILES string of the molecule is COC(=O)[C@@H]1C[C@@H](N=[N+]=[N-])CN1Cc1ccccc1. The van der Waals surface area contributed by atoms with E-state index in [0.717, 1.165) is 5.56 Å². The van der Waals surface area contributed by atoms with E-state index < -0.39 is 0 Å². The summed E-state index contributed by atoms with van der Waals surface area (Å²) >= 11 is 0. The van der Waals surface area contributed by atoms with Crippen LogP contribution in [0.15, 0.2) is 35.4 Å². The largest absolute Gasteiger partial charge is 0.468 e. The Morgan fingerprint density at radius 3 is 2.89 bits per heavy atom. The molecule has 0 spiro atoms. The Morgan fingerprint density at radius 1 is 1.53 bits per heavy atom. The Morgan fingerprint density at radius 2 is 2.26 bits per heavy atom. The van der Waals surface area contributed by atoms with Gasteiger partial charge in [0.05, 0.1) is 13.2 Å². The maximum atomic E-state index is 11.8. The van der Waals surface area contributed by atoms with E-state index in [9.17, 15) is 4.79 Å². The van der Waals surface area contributed by atoms with Gasteiger partial charge in [0.2, 0.25) is 0 Å². The Bertz CT molecular complexity index is 485. The lowest BCUT2D eigenvalue weighted by molar-refractivity contribution is -0.146. The molecular formula is C13H16N4O2. The van der Waals surface area contributed by atoms with Crippen molar-refractivity contribution in [1.29, 1.82) is 0 Å². The van der Waals surface area contributed by atoms with Crippen LogP contribution in [0.2, 0.25) is 0 Å². The quantitative estimate of drug-likeness (QED) is 0.360. The lowest BCUT2D eigenvalue weighted by atomic mass is 10.1. The zero-order valence-electron chi connectivity index (χ0n) is 10.8. The molecule has 0 aliphatic carbocycles. The molecule has 1 fully saturated rings. The van der Waals surface area contributed by atoms with Crippen LogP contribution in [0.3, 0.4) is 0 Å². The number of rotatable bonds is 4. The number of benzene rings is 1. The van der Waals surface area contributed by atoms with Crippen molar-refractivity contribution < 1.29 is 9.53 Å². The van der Waals surface area contributed by atoms with Gasteiger partial charge in [0, 0.05) is 18.0 Å². The predicted octanol–water partition coefficient (Wildman–Crippen LogP) is 2.11. The van der Waals surface area contributed by atoms with Gasteiger partial charge in [-0.15, -0.1) is 0 Å². The highest BCUT2D eigenvalue weighted by molar-refractivity contribution is 5.76. The third-order valence-electron chi connectivity index (χ3n) is 3.30. The summed E-state index contributed by atoms with van der Waals surface area (Å²) in [6, 6.07) is 9.39. The van der Waals surface area contributed by atoms with Gasteiger partial charge in [0.15, 0.2) is 0 Å². The van der Waals surface area contributed by atoms with Crippen molar-refractivity contribution in [3.63, 3.8) is 0 Å². The lowest BCUT2D eigenvalue weighted by Gasteiger charge is -2.22. The molecule has 1 aliphatic rings. The number of nitrogens with zero attached hydrogens (tertiary/aromatic N) is 4. The number of likely N-dealkylation sites (tertiary alicyclic amines) is 1. The van der Waals surface area contributed by atoms with Gasteiger partial charge >= 0.3 is 5.97 Å². The third-order valence-corrected chi connectivity index (χ3v) is 3.30. The molecule has 2 rings (SSSR count). The number of carbonyl (C=O) groups is 1. The van der Waals surface area contributed by atoms with Crippen molar-refractivity contribution in [2.45, 2.75) is 25.0 Å². The fourth-order valence-corrected chi connectivity index (χ4v) is 2.41. The first kappa shape index (κ1) is 13.4. The van der Waals surface area contributed by atoms with Crippen LogP contribution in [-0.4, -0.2) is 36.6 Å². The number of methoxy groups -OCH3 is 1. The smallest absolute Gasteiger partial charge is 0.323 e. The molecule has 2 atom stereocenters. The summed E-state index contributed by atoms with van der Waals surface area (Å²) in [6.45, 7) is 1.23. The fourth-order valence-electron chi connectivity index (χ4n) is 2.41. The van der Waals surface area contributed by atoms with E-state index in [4.69, 9.17) is 10.3 Å². The molecule has 6 heteroatoms. The van der Waals surface area contributed by atoms with Crippen LogP contribution in [0.1, 0.15) is 12.0 Å². The Hall–Kier alpha value is -2.04.